The van der Waals surface area contributed by atoms with Crippen LogP contribution in [0, 0.1) is 19.3 Å². The minimum absolute atomic E-state index is 0.0522. The monoisotopic (exact) mass is 654 g/mol. The molecule has 1 aromatic carbocycles. The summed E-state index contributed by atoms with van der Waals surface area (Å²) in [6.45, 7) is 5.18. The standard InChI is InChI=1S/C30H26BrF3N6O3/c1-15-4-7-24(31)37-27(15)38-28(43)22-9-29(3)10-23(29)40(22)25(41)14-39-13-20(26(42)30(32,33)34)19-8-17(5-6-21(19)39)18-11-35-16(2)36-12-18/h4-8,11-13,22-23H,9-10,14H2,1-3H3,(H,37,38,43)/t22-,23?,29-/m0/s1. The molecule has 4 aromatic rings. The van der Waals surface area contributed by atoms with E-state index in [4.69, 9.17) is 0 Å². The summed E-state index contributed by atoms with van der Waals surface area (Å²) in [5.74, 6) is -1.91. The largest absolute Gasteiger partial charge is 0.454 e. The number of benzene rings is 1. The van der Waals surface area contributed by atoms with Crippen LogP contribution in [0.15, 0.2) is 53.5 Å². The van der Waals surface area contributed by atoms with Crippen LogP contribution in [0.25, 0.3) is 22.0 Å². The van der Waals surface area contributed by atoms with Crippen LogP contribution in [0.5, 0.6) is 0 Å². The van der Waals surface area contributed by atoms with Gasteiger partial charge in [0.2, 0.25) is 11.8 Å². The molecular weight excluding hydrogens is 629 g/mol. The quantitative estimate of drug-likeness (QED) is 0.213. The minimum atomic E-state index is -5.11. The van der Waals surface area contributed by atoms with Gasteiger partial charge in [-0.05, 0) is 77.4 Å². The number of carbonyl (C=O) groups excluding carboxylic acids is 3. The molecule has 0 radical (unpaired) electrons. The molecule has 1 saturated heterocycles. The number of pyridine rings is 1. The Kier molecular flexibility index (Phi) is 6.90. The van der Waals surface area contributed by atoms with Crippen molar-refractivity contribution in [2.45, 2.75) is 58.4 Å². The molecule has 3 atom stereocenters. The number of fused-ring (bicyclic) bond motifs is 2. The number of carbonyl (C=O) groups is 3. The van der Waals surface area contributed by atoms with Gasteiger partial charge < -0.3 is 14.8 Å². The number of Topliss-reactive ketones (excluding diaryl/α,β-unsaturated/α-hetero) is 1. The Morgan fingerprint density at radius 3 is 2.49 bits per heavy atom. The fourth-order valence-corrected chi connectivity index (χ4v) is 6.21. The number of aromatic nitrogens is 4. The summed E-state index contributed by atoms with van der Waals surface area (Å²) < 4.78 is 42.7. The van der Waals surface area contributed by atoms with Gasteiger partial charge in [-0.1, -0.05) is 19.1 Å². The Balaban J connectivity index is 1.33. The number of anilines is 1. The number of halogens is 4. The van der Waals surface area contributed by atoms with E-state index in [0.717, 1.165) is 18.2 Å². The Labute approximate surface area is 252 Å². The normalized spacial score (nSPS) is 21.1. The summed E-state index contributed by atoms with van der Waals surface area (Å²) in [5.41, 5.74) is 1.34. The van der Waals surface area contributed by atoms with Crippen molar-refractivity contribution in [3.05, 3.63) is 70.5 Å². The molecule has 222 valence electrons. The zero-order valence-corrected chi connectivity index (χ0v) is 25.0. The maximum atomic E-state index is 13.8. The van der Waals surface area contributed by atoms with Crippen LogP contribution in [0.2, 0.25) is 0 Å². The Morgan fingerprint density at radius 2 is 1.79 bits per heavy atom. The molecule has 0 spiro atoms. The van der Waals surface area contributed by atoms with E-state index in [1.54, 1.807) is 50.5 Å². The number of nitrogens with one attached hydrogen (secondary N) is 1. The van der Waals surface area contributed by atoms with Crippen molar-refractivity contribution in [3.63, 3.8) is 0 Å². The predicted molar refractivity (Wildman–Crippen MR) is 155 cm³/mol. The average Bonchev–Trinajstić information content (AvgIpc) is 3.32. The SMILES string of the molecule is Cc1ncc(-c2ccc3c(c2)c(C(=O)C(F)(F)F)cn3CC(=O)N2C3C[C@]3(C)C[C@H]2C(=O)Nc2nc(Br)ccc2C)cn1. The fraction of sp³-hybridized carbons (Fsp3) is 0.333. The molecule has 4 heterocycles. The van der Waals surface area contributed by atoms with Crippen LogP contribution in [0.3, 0.4) is 0 Å². The molecule has 6 rings (SSSR count). The Morgan fingerprint density at radius 1 is 1.07 bits per heavy atom. The number of amides is 2. The third kappa shape index (κ3) is 5.30. The molecule has 3 aromatic heterocycles. The molecule has 2 aliphatic rings. The smallest absolute Gasteiger partial charge is 0.337 e. The van der Waals surface area contributed by atoms with E-state index < -0.39 is 29.5 Å². The zero-order valence-electron chi connectivity index (χ0n) is 23.4. The van der Waals surface area contributed by atoms with Crippen molar-refractivity contribution in [3.8, 4) is 11.1 Å². The van der Waals surface area contributed by atoms with Gasteiger partial charge >= 0.3 is 6.18 Å². The first-order valence-corrected chi connectivity index (χ1v) is 14.3. The van der Waals surface area contributed by atoms with Crippen LogP contribution in [0.4, 0.5) is 19.0 Å². The number of likely N-dealkylation sites (tertiary alicyclic amines) is 1. The summed E-state index contributed by atoms with van der Waals surface area (Å²) in [7, 11) is 0. The summed E-state index contributed by atoms with van der Waals surface area (Å²) in [5, 5.41) is 2.88. The highest BCUT2D eigenvalue weighted by molar-refractivity contribution is 9.10. The van der Waals surface area contributed by atoms with Crippen molar-refractivity contribution < 1.29 is 27.6 Å². The number of piperidine rings is 1. The molecule has 13 heteroatoms. The van der Waals surface area contributed by atoms with Gasteiger partial charge in [-0.2, -0.15) is 13.2 Å². The first-order chi connectivity index (χ1) is 20.2. The Bertz CT molecular complexity index is 1810. The van der Waals surface area contributed by atoms with Gasteiger partial charge in [0.1, 0.15) is 28.8 Å². The average molecular weight is 655 g/mol. The van der Waals surface area contributed by atoms with E-state index in [2.05, 4.69) is 36.2 Å². The Hall–Kier alpha value is -4.13. The van der Waals surface area contributed by atoms with Crippen molar-refractivity contribution in [1.29, 1.82) is 0 Å². The van der Waals surface area contributed by atoms with Crippen molar-refractivity contribution in [1.82, 2.24) is 24.4 Å². The van der Waals surface area contributed by atoms with Crippen molar-refractivity contribution in [2.24, 2.45) is 5.41 Å². The van der Waals surface area contributed by atoms with E-state index in [0.29, 0.717) is 33.8 Å². The highest BCUT2D eigenvalue weighted by Gasteiger charge is 2.64. The van der Waals surface area contributed by atoms with E-state index in [1.165, 1.54) is 15.5 Å². The number of nitrogens with zero attached hydrogens (tertiary/aromatic N) is 5. The van der Waals surface area contributed by atoms with Gasteiger partial charge in [0.15, 0.2) is 0 Å². The predicted octanol–water partition coefficient (Wildman–Crippen LogP) is 5.64. The molecule has 2 fully saturated rings. The number of alkyl halides is 3. The highest BCUT2D eigenvalue weighted by atomic mass is 79.9. The number of hydrogen-bond donors (Lipinski definition) is 1. The topological polar surface area (TPSA) is 110 Å². The van der Waals surface area contributed by atoms with E-state index >= 15 is 0 Å². The number of ketones is 1. The summed E-state index contributed by atoms with van der Waals surface area (Å²) in [6, 6.07) is 7.33. The zero-order chi connectivity index (χ0) is 30.8. The van der Waals surface area contributed by atoms with Gasteiger partial charge in [-0.15, -0.1) is 0 Å². The fourth-order valence-electron chi connectivity index (χ4n) is 5.90. The molecule has 43 heavy (non-hydrogen) atoms. The minimum Gasteiger partial charge on any atom is -0.337 e. The van der Waals surface area contributed by atoms with E-state index in [-0.39, 0.29) is 34.8 Å². The molecule has 1 N–H and O–H groups in total. The molecule has 9 nitrogen and oxygen atoms in total. The summed E-state index contributed by atoms with van der Waals surface area (Å²) in [4.78, 5) is 53.8. The molecule has 1 saturated carbocycles. The lowest BCUT2D eigenvalue weighted by atomic mass is 10.0. The van der Waals surface area contributed by atoms with E-state index in [1.807, 2.05) is 6.92 Å². The number of hydrogen-bond acceptors (Lipinski definition) is 6. The molecule has 1 aliphatic heterocycles. The second-order valence-electron chi connectivity index (χ2n) is 11.4. The van der Waals surface area contributed by atoms with Gasteiger partial charge in [-0.3, -0.25) is 14.4 Å². The lowest BCUT2D eigenvalue weighted by Crippen LogP contribution is -2.46. The number of aryl methyl sites for hydroxylation is 2. The van der Waals surface area contributed by atoms with Gasteiger partial charge in [0.05, 0.1) is 5.56 Å². The van der Waals surface area contributed by atoms with Gasteiger partial charge in [0, 0.05) is 41.1 Å². The van der Waals surface area contributed by atoms with Crippen LogP contribution >= 0.6 is 15.9 Å². The lowest BCUT2D eigenvalue weighted by molar-refractivity contribution is -0.138. The second kappa shape index (κ2) is 10.2. The third-order valence-electron chi connectivity index (χ3n) is 8.33. The molecular formula is C30H26BrF3N6O3. The lowest BCUT2D eigenvalue weighted by Gasteiger charge is -2.27. The first kappa shape index (κ1) is 29.0. The molecule has 0 bridgehead atoms. The van der Waals surface area contributed by atoms with Gasteiger partial charge in [-0.25, -0.2) is 15.0 Å². The number of rotatable bonds is 6. The summed E-state index contributed by atoms with van der Waals surface area (Å²) in [6.07, 6.45) is 0.229. The van der Waals surface area contributed by atoms with Crippen molar-refractivity contribution in [2.75, 3.05) is 5.32 Å². The summed E-state index contributed by atoms with van der Waals surface area (Å²) >= 11 is 3.30. The molecule has 1 aliphatic carbocycles. The van der Waals surface area contributed by atoms with Crippen LogP contribution in [0.1, 0.15) is 41.5 Å². The highest BCUT2D eigenvalue weighted by Crippen LogP contribution is 2.59. The third-order valence-corrected chi connectivity index (χ3v) is 8.78. The maximum absolute atomic E-state index is 13.8. The van der Waals surface area contributed by atoms with Crippen LogP contribution in [-0.2, 0) is 16.1 Å². The van der Waals surface area contributed by atoms with Crippen molar-refractivity contribution >= 4 is 50.2 Å². The van der Waals surface area contributed by atoms with E-state index in [9.17, 15) is 27.6 Å². The first-order valence-electron chi connectivity index (χ1n) is 13.5. The van der Waals surface area contributed by atoms with Gasteiger partial charge in [0.25, 0.3) is 5.78 Å². The van der Waals surface area contributed by atoms with Crippen LogP contribution < -0.4 is 5.32 Å². The van der Waals surface area contributed by atoms with Crippen LogP contribution in [-0.4, -0.2) is 60.3 Å². The molecule has 1 unspecified atom stereocenters. The maximum Gasteiger partial charge on any atom is 0.454 e. The second-order valence-corrected chi connectivity index (χ2v) is 12.2. The molecule has 2 amide bonds.